The molecule has 6 heteroatoms. The minimum Gasteiger partial charge on any atom is -0.308 e. The molecular formula is C14H11N3O3. The molecule has 100 valence electrons. The number of hydrogen-bond acceptors (Lipinski definition) is 5. The van der Waals surface area contributed by atoms with Crippen LogP contribution in [-0.2, 0) is 4.79 Å². The maximum absolute atomic E-state index is 12.0. The minimum atomic E-state index is -1.22. The Morgan fingerprint density at radius 1 is 1.30 bits per heavy atom. The number of amides is 2. The van der Waals surface area contributed by atoms with E-state index >= 15 is 0 Å². The van der Waals surface area contributed by atoms with Gasteiger partial charge < -0.3 is 5.41 Å². The van der Waals surface area contributed by atoms with Gasteiger partial charge in [-0.25, -0.2) is 0 Å². The lowest BCUT2D eigenvalue weighted by molar-refractivity contribution is -0.120. The Morgan fingerprint density at radius 2 is 1.80 bits per heavy atom. The van der Waals surface area contributed by atoms with Crippen LogP contribution >= 0.6 is 0 Å². The van der Waals surface area contributed by atoms with E-state index < -0.39 is 30.1 Å². The third-order valence-electron chi connectivity index (χ3n) is 3.08. The number of hydrogen-bond donors (Lipinski definition) is 1. The van der Waals surface area contributed by atoms with E-state index in [-0.39, 0.29) is 16.8 Å². The predicted octanol–water partition coefficient (Wildman–Crippen LogP) is 1.03. The summed E-state index contributed by atoms with van der Waals surface area (Å²) >= 11 is 0. The minimum absolute atomic E-state index is 0.103. The number of nitriles is 1. The smallest absolute Gasteiger partial charge is 0.261 e. The average Bonchev–Trinajstić information content (AvgIpc) is 2.65. The molecule has 0 spiro atoms. The molecule has 1 unspecified atom stereocenters. The third kappa shape index (κ3) is 2.10. The van der Waals surface area contributed by atoms with Crippen LogP contribution in [-0.4, -0.2) is 34.8 Å². The van der Waals surface area contributed by atoms with Crippen molar-refractivity contribution in [3.8, 4) is 6.07 Å². The van der Waals surface area contributed by atoms with Crippen molar-refractivity contribution in [2.75, 3.05) is 6.54 Å². The number of benzene rings is 1. The van der Waals surface area contributed by atoms with E-state index in [1.54, 1.807) is 18.2 Å². The highest BCUT2D eigenvalue weighted by molar-refractivity contribution is 6.23. The number of carbonyl (C=O) groups excluding carboxylic acids is 3. The van der Waals surface area contributed by atoms with E-state index in [0.717, 1.165) is 4.90 Å². The summed E-state index contributed by atoms with van der Waals surface area (Å²) in [6.07, 6.45) is 0. The quantitative estimate of drug-likeness (QED) is 0.651. The molecule has 20 heavy (non-hydrogen) atoms. The molecule has 0 aliphatic carbocycles. The van der Waals surface area contributed by atoms with E-state index in [2.05, 4.69) is 0 Å². The summed E-state index contributed by atoms with van der Waals surface area (Å²) in [5, 5.41) is 16.2. The summed E-state index contributed by atoms with van der Waals surface area (Å²) in [6, 6.07) is 8.01. The highest BCUT2D eigenvalue weighted by Gasteiger charge is 2.37. The second kappa shape index (κ2) is 5.05. The summed E-state index contributed by atoms with van der Waals surface area (Å²) in [5.41, 5.74) is 0.407. The lowest BCUT2D eigenvalue weighted by Crippen LogP contribution is -2.38. The van der Waals surface area contributed by atoms with Crippen LogP contribution in [0.25, 0.3) is 0 Å². The van der Waals surface area contributed by atoms with Crippen LogP contribution in [0.1, 0.15) is 27.6 Å². The molecule has 1 atom stereocenters. The fraction of sp³-hybridized carbons (Fsp3) is 0.214. The molecule has 6 nitrogen and oxygen atoms in total. The topological polar surface area (TPSA) is 102 Å². The number of rotatable bonds is 4. The first-order valence-corrected chi connectivity index (χ1v) is 5.90. The van der Waals surface area contributed by atoms with Crippen molar-refractivity contribution in [2.45, 2.75) is 6.92 Å². The molecule has 0 aromatic heterocycles. The molecule has 2 amide bonds. The average molecular weight is 269 g/mol. The Morgan fingerprint density at radius 3 is 2.20 bits per heavy atom. The summed E-state index contributed by atoms with van der Waals surface area (Å²) < 4.78 is 0. The highest BCUT2D eigenvalue weighted by atomic mass is 16.2. The van der Waals surface area contributed by atoms with Gasteiger partial charge in [-0.1, -0.05) is 12.1 Å². The first-order valence-electron chi connectivity index (χ1n) is 5.90. The zero-order valence-electron chi connectivity index (χ0n) is 10.7. The molecule has 0 saturated carbocycles. The van der Waals surface area contributed by atoms with E-state index in [1.165, 1.54) is 19.1 Å². The third-order valence-corrected chi connectivity index (χ3v) is 3.08. The van der Waals surface area contributed by atoms with Gasteiger partial charge in [0.2, 0.25) is 0 Å². The van der Waals surface area contributed by atoms with Crippen LogP contribution in [0.3, 0.4) is 0 Å². The Balaban J connectivity index is 2.24. The molecule has 1 N–H and O–H groups in total. The van der Waals surface area contributed by atoms with Crippen LogP contribution in [0.15, 0.2) is 24.3 Å². The van der Waals surface area contributed by atoms with E-state index in [9.17, 15) is 14.4 Å². The van der Waals surface area contributed by atoms with Gasteiger partial charge in [-0.05, 0) is 19.1 Å². The second-order valence-electron chi connectivity index (χ2n) is 4.45. The standard InChI is InChI=1S/C14H11N3O3/c1-8(16)11(6-15)12(18)7-17-13(19)9-4-2-3-5-10(9)14(17)20/h2-5,11,16H,7H2,1H3. The van der Waals surface area contributed by atoms with Crippen LogP contribution < -0.4 is 0 Å². The second-order valence-corrected chi connectivity index (χ2v) is 4.45. The van der Waals surface area contributed by atoms with Crippen LogP contribution in [0, 0.1) is 22.7 Å². The molecule has 1 aliphatic heterocycles. The Hall–Kier alpha value is -2.81. The van der Waals surface area contributed by atoms with Gasteiger partial charge in [-0.2, -0.15) is 5.26 Å². The number of carbonyl (C=O) groups is 3. The van der Waals surface area contributed by atoms with Crippen molar-refractivity contribution in [1.29, 1.82) is 10.7 Å². The molecule has 0 saturated heterocycles. The Bertz CT molecular complexity index is 637. The van der Waals surface area contributed by atoms with Gasteiger partial charge in [0.25, 0.3) is 11.8 Å². The fourth-order valence-electron chi connectivity index (χ4n) is 2.04. The largest absolute Gasteiger partial charge is 0.308 e. The summed E-state index contributed by atoms with van der Waals surface area (Å²) in [7, 11) is 0. The van der Waals surface area contributed by atoms with E-state index in [1.807, 2.05) is 0 Å². The first-order chi connectivity index (χ1) is 9.47. The van der Waals surface area contributed by atoms with Crippen molar-refractivity contribution >= 4 is 23.3 Å². The predicted molar refractivity (Wildman–Crippen MR) is 69.3 cm³/mol. The van der Waals surface area contributed by atoms with Gasteiger partial charge in [-0.3, -0.25) is 19.3 Å². The lowest BCUT2D eigenvalue weighted by atomic mass is 10.0. The monoisotopic (exact) mass is 269 g/mol. The molecule has 0 bridgehead atoms. The number of ketones is 1. The summed E-state index contributed by atoms with van der Waals surface area (Å²) in [4.78, 5) is 36.8. The van der Waals surface area contributed by atoms with Gasteiger partial charge in [0.05, 0.1) is 23.7 Å². The van der Waals surface area contributed by atoms with Gasteiger partial charge in [-0.15, -0.1) is 0 Å². The maximum Gasteiger partial charge on any atom is 0.261 e. The highest BCUT2D eigenvalue weighted by Crippen LogP contribution is 2.22. The molecule has 1 heterocycles. The van der Waals surface area contributed by atoms with Gasteiger partial charge in [0.15, 0.2) is 5.78 Å². The van der Waals surface area contributed by atoms with Crippen molar-refractivity contribution in [3.05, 3.63) is 35.4 Å². The van der Waals surface area contributed by atoms with Gasteiger partial charge in [0, 0.05) is 5.71 Å². The molecule has 2 rings (SSSR count). The van der Waals surface area contributed by atoms with Crippen LogP contribution in [0.4, 0.5) is 0 Å². The number of imide groups is 1. The number of fused-ring (bicyclic) bond motifs is 1. The first kappa shape index (κ1) is 13.6. The summed E-state index contributed by atoms with van der Waals surface area (Å²) in [5.74, 6) is -2.94. The van der Waals surface area contributed by atoms with Crippen molar-refractivity contribution in [3.63, 3.8) is 0 Å². The van der Waals surface area contributed by atoms with Gasteiger partial charge >= 0.3 is 0 Å². The fourth-order valence-corrected chi connectivity index (χ4v) is 2.04. The number of nitrogens with one attached hydrogen (secondary N) is 1. The Kier molecular flexibility index (Phi) is 3.44. The zero-order chi connectivity index (χ0) is 14.9. The SMILES string of the molecule is CC(=N)C(C#N)C(=O)CN1C(=O)c2ccccc2C1=O. The number of Topliss-reactive ketones (excluding diaryl/α,β-unsaturated/α-hetero) is 1. The van der Waals surface area contributed by atoms with Crippen molar-refractivity contribution < 1.29 is 14.4 Å². The van der Waals surface area contributed by atoms with Gasteiger partial charge in [0.1, 0.15) is 5.92 Å². The molecule has 1 aromatic rings. The normalized spacial score (nSPS) is 14.7. The molecule has 1 aliphatic rings. The lowest BCUT2D eigenvalue weighted by Gasteiger charge is -2.14. The maximum atomic E-state index is 12.0. The molecular weight excluding hydrogens is 258 g/mol. The van der Waals surface area contributed by atoms with Crippen molar-refractivity contribution in [1.82, 2.24) is 4.90 Å². The zero-order valence-corrected chi connectivity index (χ0v) is 10.7. The van der Waals surface area contributed by atoms with E-state index in [4.69, 9.17) is 10.7 Å². The van der Waals surface area contributed by atoms with Crippen molar-refractivity contribution in [2.24, 2.45) is 5.92 Å². The summed E-state index contributed by atoms with van der Waals surface area (Å²) in [6.45, 7) is 0.856. The molecule has 0 radical (unpaired) electrons. The van der Waals surface area contributed by atoms with Crippen LogP contribution in [0.2, 0.25) is 0 Å². The molecule has 1 aromatic carbocycles. The number of nitrogens with zero attached hydrogens (tertiary/aromatic N) is 2. The Labute approximate surface area is 115 Å². The van der Waals surface area contributed by atoms with E-state index in [0.29, 0.717) is 0 Å². The van der Waals surface area contributed by atoms with Crippen LogP contribution in [0.5, 0.6) is 0 Å². The molecule has 0 fully saturated rings.